The Hall–Kier alpha value is 0.363. The van der Waals surface area contributed by atoms with E-state index in [1.807, 2.05) is 0 Å². The first-order valence-electron chi connectivity index (χ1n) is 3.40. The summed E-state index contributed by atoms with van der Waals surface area (Å²) >= 11 is 0. The van der Waals surface area contributed by atoms with E-state index < -0.39 is 0 Å². The minimum absolute atomic E-state index is 0. The van der Waals surface area contributed by atoms with Gasteiger partial charge in [-0.3, -0.25) is 6.08 Å². The summed E-state index contributed by atoms with van der Waals surface area (Å²) in [5, 5.41) is 0. The molecule has 0 nitrogen and oxygen atoms in total. The van der Waals surface area contributed by atoms with Crippen molar-refractivity contribution in [2.75, 3.05) is 0 Å². The molecule has 1 rings (SSSR count). The summed E-state index contributed by atoms with van der Waals surface area (Å²) in [5.74, 6) is 0.560. The maximum Gasteiger partial charge on any atom is 0 e. The van der Waals surface area contributed by atoms with Crippen LogP contribution in [0.4, 0.5) is 0 Å². The number of hydrogen-bond acceptors (Lipinski definition) is 0. The molecule has 0 aromatic heterocycles. The van der Waals surface area contributed by atoms with Crippen LogP contribution in [0.1, 0.15) is 35.1 Å². The smallest absolute Gasteiger partial charge is 0 e. The van der Waals surface area contributed by atoms with Crippen molar-refractivity contribution in [3.05, 3.63) is 22.8 Å². The molecule has 1 heteroatoms. The van der Waals surface area contributed by atoms with Crippen LogP contribution in [-0.2, 0) is 26.2 Å². The molecule has 0 saturated carbocycles. The van der Waals surface area contributed by atoms with Crippen LogP contribution in [0.15, 0.2) is 16.7 Å². The second-order valence-electron chi connectivity index (χ2n) is 2.80. The molecule has 62 valence electrons. The largest absolute Gasteiger partial charge is 0.266 e. The van der Waals surface area contributed by atoms with Crippen LogP contribution < -0.4 is 0 Å². The first kappa shape index (κ1) is 13.9. The van der Waals surface area contributed by atoms with Gasteiger partial charge in [0.15, 0.2) is 0 Å². The zero-order chi connectivity index (χ0) is 7.02. The molecule has 0 aromatic carbocycles. The molecule has 1 aliphatic carbocycles. The van der Waals surface area contributed by atoms with Gasteiger partial charge in [-0.2, -0.15) is 11.1 Å². The fourth-order valence-corrected chi connectivity index (χ4v) is 1.16. The van der Waals surface area contributed by atoms with Crippen molar-refractivity contribution in [1.29, 1.82) is 0 Å². The van der Waals surface area contributed by atoms with Gasteiger partial charge in [0, 0.05) is 26.2 Å². The van der Waals surface area contributed by atoms with Crippen LogP contribution in [-0.4, -0.2) is 0 Å². The monoisotopic (exact) mass is 227 g/mol. The minimum Gasteiger partial charge on any atom is -0.266 e. The molecule has 0 bridgehead atoms. The molecule has 11 heavy (non-hydrogen) atoms. The van der Waals surface area contributed by atoms with Gasteiger partial charge in [-0.15, -0.1) is 6.92 Å². The third-order valence-corrected chi connectivity index (χ3v) is 2.24. The summed E-state index contributed by atoms with van der Waals surface area (Å²) in [5.41, 5.74) is 4.25. The van der Waals surface area contributed by atoms with Crippen LogP contribution in [0, 0.1) is 12.0 Å². The molecule has 0 spiro atoms. The second-order valence-corrected chi connectivity index (χ2v) is 2.80. The second kappa shape index (κ2) is 5.09. The van der Waals surface area contributed by atoms with Crippen molar-refractivity contribution in [2.24, 2.45) is 5.92 Å². The SMILES string of the molecule is C.CC1=[C-]C(C)C(C)=C1C.[Zr]. The summed E-state index contributed by atoms with van der Waals surface area (Å²) in [6, 6.07) is 0. The van der Waals surface area contributed by atoms with Crippen molar-refractivity contribution in [2.45, 2.75) is 35.1 Å². The van der Waals surface area contributed by atoms with E-state index in [2.05, 4.69) is 33.8 Å². The van der Waals surface area contributed by atoms with Gasteiger partial charge in [-0.1, -0.05) is 34.1 Å². The van der Waals surface area contributed by atoms with Crippen molar-refractivity contribution in [3.63, 3.8) is 0 Å². The average Bonchev–Trinajstić information content (AvgIpc) is 1.98. The van der Waals surface area contributed by atoms with Crippen LogP contribution in [0.2, 0.25) is 0 Å². The zero-order valence-corrected chi connectivity index (χ0v) is 9.54. The first-order chi connectivity index (χ1) is 4.13. The molecule has 0 amide bonds. The van der Waals surface area contributed by atoms with Gasteiger partial charge in [0.2, 0.25) is 0 Å². The fraction of sp³-hybridized carbons (Fsp3) is 0.600. The van der Waals surface area contributed by atoms with Gasteiger partial charge < -0.3 is 0 Å². The molecule has 0 aliphatic heterocycles. The minimum atomic E-state index is 0. The Bertz CT molecular complexity index is 187. The maximum absolute atomic E-state index is 3.36. The van der Waals surface area contributed by atoms with Gasteiger partial charge >= 0.3 is 0 Å². The normalized spacial score (nSPS) is 22.2. The molecule has 0 heterocycles. The van der Waals surface area contributed by atoms with E-state index in [0.717, 1.165) is 0 Å². The maximum atomic E-state index is 3.36. The standard InChI is InChI=1S/C9H13.CH4.Zr/c1-6-5-7(2)9(4)8(6)3;;/h6H,1-4H3;1H4;/q-1;;. The molecule has 1 unspecified atom stereocenters. The number of rotatable bonds is 0. The molecular formula is C10H17Zr-. The molecule has 0 fully saturated rings. The first-order valence-corrected chi connectivity index (χ1v) is 3.40. The Morgan fingerprint density at radius 3 is 1.73 bits per heavy atom. The van der Waals surface area contributed by atoms with Crippen LogP contribution in [0.3, 0.4) is 0 Å². The third kappa shape index (κ3) is 2.71. The van der Waals surface area contributed by atoms with Gasteiger partial charge in [0.1, 0.15) is 0 Å². The summed E-state index contributed by atoms with van der Waals surface area (Å²) in [6.45, 7) is 8.67. The van der Waals surface area contributed by atoms with E-state index in [-0.39, 0.29) is 33.6 Å². The van der Waals surface area contributed by atoms with E-state index in [1.54, 1.807) is 0 Å². The Morgan fingerprint density at radius 2 is 1.64 bits per heavy atom. The Balaban J connectivity index is 0. The van der Waals surface area contributed by atoms with E-state index in [0.29, 0.717) is 5.92 Å². The van der Waals surface area contributed by atoms with Gasteiger partial charge in [0.25, 0.3) is 0 Å². The quantitative estimate of drug-likeness (QED) is 0.558. The van der Waals surface area contributed by atoms with Crippen molar-refractivity contribution in [3.8, 4) is 0 Å². The predicted molar refractivity (Wildman–Crippen MR) is 46.7 cm³/mol. The van der Waals surface area contributed by atoms with Crippen molar-refractivity contribution < 1.29 is 26.2 Å². The van der Waals surface area contributed by atoms with E-state index >= 15 is 0 Å². The van der Waals surface area contributed by atoms with Gasteiger partial charge in [0.05, 0.1) is 0 Å². The molecule has 0 N–H and O–H groups in total. The average molecular weight is 228 g/mol. The van der Waals surface area contributed by atoms with E-state index in [9.17, 15) is 0 Å². The Labute approximate surface area is 89.9 Å². The number of hydrogen-bond donors (Lipinski definition) is 0. The summed E-state index contributed by atoms with van der Waals surface area (Å²) in [4.78, 5) is 0. The summed E-state index contributed by atoms with van der Waals surface area (Å²) < 4.78 is 0. The predicted octanol–water partition coefficient (Wildman–Crippen LogP) is 3.36. The molecular weight excluding hydrogens is 211 g/mol. The molecule has 1 aliphatic rings. The zero-order valence-electron chi connectivity index (χ0n) is 7.08. The topological polar surface area (TPSA) is 0 Å². The third-order valence-electron chi connectivity index (χ3n) is 2.24. The molecule has 0 aromatic rings. The van der Waals surface area contributed by atoms with Crippen molar-refractivity contribution in [1.82, 2.24) is 0 Å². The van der Waals surface area contributed by atoms with Crippen LogP contribution >= 0.6 is 0 Å². The van der Waals surface area contributed by atoms with E-state index in [1.165, 1.54) is 16.7 Å². The van der Waals surface area contributed by atoms with Gasteiger partial charge in [-0.25, -0.2) is 5.57 Å². The van der Waals surface area contributed by atoms with Crippen molar-refractivity contribution >= 4 is 0 Å². The van der Waals surface area contributed by atoms with Crippen LogP contribution in [0.5, 0.6) is 0 Å². The molecule has 0 saturated heterocycles. The summed E-state index contributed by atoms with van der Waals surface area (Å²) in [6.07, 6.45) is 3.36. The van der Waals surface area contributed by atoms with Crippen LogP contribution in [0.25, 0.3) is 0 Å². The molecule has 1 atom stereocenters. The van der Waals surface area contributed by atoms with E-state index in [4.69, 9.17) is 0 Å². The van der Waals surface area contributed by atoms with Gasteiger partial charge in [-0.05, 0) is 0 Å². The summed E-state index contributed by atoms with van der Waals surface area (Å²) in [7, 11) is 0. The Morgan fingerprint density at radius 1 is 1.18 bits per heavy atom. The fourth-order valence-electron chi connectivity index (χ4n) is 1.16. The molecule has 0 radical (unpaired) electrons. The number of allylic oxidation sites excluding steroid dienone is 4. The Kier molecular flexibility index (Phi) is 6.44.